The predicted molar refractivity (Wildman–Crippen MR) is 117 cm³/mol. The Hall–Kier alpha value is -0.980. The Morgan fingerprint density at radius 3 is 2.00 bits per heavy atom. The van der Waals surface area contributed by atoms with E-state index in [-0.39, 0.29) is 0 Å². The summed E-state index contributed by atoms with van der Waals surface area (Å²) < 4.78 is 6.02. The monoisotopic (exact) mass is 370 g/mol. The molecule has 1 aromatic rings. The van der Waals surface area contributed by atoms with E-state index in [0.29, 0.717) is 0 Å². The fourth-order valence-corrected chi connectivity index (χ4v) is 5.29. The third-order valence-electron chi connectivity index (χ3n) is 7.33. The molecular weight excluding hydrogens is 328 g/mol. The zero-order valence-corrected chi connectivity index (χ0v) is 17.9. The molecule has 0 radical (unpaired) electrons. The van der Waals surface area contributed by atoms with Crippen molar-refractivity contribution in [3.05, 3.63) is 29.8 Å². The molecule has 2 fully saturated rings. The molecule has 0 bridgehead atoms. The highest BCUT2D eigenvalue weighted by atomic mass is 16.5. The standard InChI is InChI=1S/C26H42O/c1-3-4-6-22-12-14-24(15-13-22)25-16-18-26(19-17-25)27-20-5-7-23-10-8-21(2)9-11-23/h16-19,21-24H,3-15,20H2,1-2H3. The van der Waals surface area contributed by atoms with Gasteiger partial charge in [-0.3, -0.25) is 0 Å². The maximum atomic E-state index is 6.02. The summed E-state index contributed by atoms with van der Waals surface area (Å²) in [5.41, 5.74) is 1.53. The van der Waals surface area contributed by atoms with Gasteiger partial charge in [-0.15, -0.1) is 0 Å². The molecule has 0 aliphatic heterocycles. The van der Waals surface area contributed by atoms with Gasteiger partial charge in [-0.05, 0) is 79.9 Å². The van der Waals surface area contributed by atoms with Crippen LogP contribution in [0, 0.1) is 17.8 Å². The first kappa shape index (κ1) is 20.7. The van der Waals surface area contributed by atoms with E-state index in [1.165, 1.54) is 89.0 Å². The Bertz CT molecular complexity index is 504. The lowest BCUT2D eigenvalue weighted by Gasteiger charge is -2.29. The number of benzene rings is 1. The lowest BCUT2D eigenvalue weighted by Crippen LogP contribution is -2.13. The molecule has 1 heteroatoms. The van der Waals surface area contributed by atoms with Crippen LogP contribution in [0.5, 0.6) is 5.75 Å². The van der Waals surface area contributed by atoms with E-state index in [1.54, 1.807) is 0 Å². The van der Waals surface area contributed by atoms with Gasteiger partial charge < -0.3 is 4.74 Å². The molecule has 2 aliphatic rings. The van der Waals surface area contributed by atoms with Crippen molar-refractivity contribution in [1.82, 2.24) is 0 Å². The molecule has 0 spiro atoms. The molecular formula is C26H42O. The Labute approximate surface area is 168 Å². The third-order valence-corrected chi connectivity index (χ3v) is 7.33. The van der Waals surface area contributed by atoms with Crippen molar-refractivity contribution in [1.29, 1.82) is 0 Å². The molecule has 3 rings (SSSR count). The van der Waals surface area contributed by atoms with E-state index >= 15 is 0 Å². The predicted octanol–water partition coefficient (Wildman–Crippen LogP) is 8.14. The average Bonchev–Trinajstić information content (AvgIpc) is 2.72. The molecule has 0 heterocycles. The molecule has 1 aromatic carbocycles. The summed E-state index contributed by atoms with van der Waals surface area (Å²) in [7, 11) is 0. The highest BCUT2D eigenvalue weighted by Crippen LogP contribution is 2.38. The van der Waals surface area contributed by atoms with Gasteiger partial charge in [0.1, 0.15) is 5.75 Å². The maximum Gasteiger partial charge on any atom is 0.119 e. The lowest BCUT2D eigenvalue weighted by molar-refractivity contribution is 0.245. The van der Waals surface area contributed by atoms with Gasteiger partial charge in [0.2, 0.25) is 0 Å². The zero-order chi connectivity index (χ0) is 18.9. The van der Waals surface area contributed by atoms with Crippen molar-refractivity contribution in [3.8, 4) is 5.75 Å². The van der Waals surface area contributed by atoms with E-state index in [9.17, 15) is 0 Å². The van der Waals surface area contributed by atoms with Gasteiger partial charge in [0, 0.05) is 0 Å². The molecule has 152 valence electrons. The summed E-state index contributed by atoms with van der Waals surface area (Å²) >= 11 is 0. The van der Waals surface area contributed by atoms with Crippen LogP contribution in [-0.2, 0) is 0 Å². The molecule has 0 unspecified atom stereocenters. The third kappa shape index (κ3) is 6.84. The molecule has 0 saturated heterocycles. The smallest absolute Gasteiger partial charge is 0.119 e. The molecule has 0 aromatic heterocycles. The quantitative estimate of drug-likeness (QED) is 0.399. The van der Waals surface area contributed by atoms with Crippen LogP contribution in [0.25, 0.3) is 0 Å². The molecule has 0 amide bonds. The zero-order valence-electron chi connectivity index (χ0n) is 17.9. The van der Waals surface area contributed by atoms with Crippen molar-refractivity contribution < 1.29 is 4.74 Å². The molecule has 0 atom stereocenters. The van der Waals surface area contributed by atoms with E-state index in [4.69, 9.17) is 4.74 Å². The number of unbranched alkanes of at least 4 members (excludes halogenated alkanes) is 1. The Morgan fingerprint density at radius 2 is 1.37 bits per heavy atom. The van der Waals surface area contributed by atoms with Crippen LogP contribution in [0.15, 0.2) is 24.3 Å². The Balaban J connectivity index is 1.33. The minimum Gasteiger partial charge on any atom is -0.494 e. The molecule has 2 saturated carbocycles. The first-order valence-electron chi connectivity index (χ1n) is 12.0. The van der Waals surface area contributed by atoms with Gasteiger partial charge >= 0.3 is 0 Å². The van der Waals surface area contributed by atoms with E-state index in [1.807, 2.05) is 0 Å². The number of rotatable bonds is 9. The number of ether oxygens (including phenoxy) is 1. The fourth-order valence-electron chi connectivity index (χ4n) is 5.29. The first-order valence-corrected chi connectivity index (χ1v) is 12.0. The van der Waals surface area contributed by atoms with Crippen LogP contribution < -0.4 is 4.74 Å². The van der Waals surface area contributed by atoms with Crippen LogP contribution in [-0.4, -0.2) is 6.61 Å². The van der Waals surface area contributed by atoms with Crippen molar-refractivity contribution in [2.24, 2.45) is 17.8 Å². The highest BCUT2D eigenvalue weighted by molar-refractivity contribution is 5.29. The van der Waals surface area contributed by atoms with Gasteiger partial charge in [0.05, 0.1) is 6.61 Å². The highest BCUT2D eigenvalue weighted by Gasteiger charge is 2.22. The molecule has 2 aliphatic carbocycles. The van der Waals surface area contributed by atoms with Gasteiger partial charge in [0.15, 0.2) is 0 Å². The van der Waals surface area contributed by atoms with Gasteiger partial charge in [-0.25, -0.2) is 0 Å². The van der Waals surface area contributed by atoms with Crippen molar-refractivity contribution in [2.45, 2.75) is 103 Å². The van der Waals surface area contributed by atoms with Gasteiger partial charge in [-0.1, -0.05) is 70.9 Å². The molecule has 0 N–H and O–H groups in total. The summed E-state index contributed by atoms with van der Waals surface area (Å²) in [6, 6.07) is 9.07. The van der Waals surface area contributed by atoms with Crippen LogP contribution in [0.1, 0.15) is 109 Å². The van der Waals surface area contributed by atoms with Crippen molar-refractivity contribution >= 4 is 0 Å². The van der Waals surface area contributed by atoms with E-state index in [2.05, 4.69) is 38.1 Å². The van der Waals surface area contributed by atoms with Crippen molar-refractivity contribution in [3.63, 3.8) is 0 Å². The van der Waals surface area contributed by atoms with Gasteiger partial charge in [0.25, 0.3) is 0 Å². The minimum absolute atomic E-state index is 0.783. The van der Waals surface area contributed by atoms with E-state index in [0.717, 1.165) is 36.0 Å². The second kappa shape index (κ2) is 11.1. The fraction of sp³-hybridized carbons (Fsp3) is 0.769. The normalized spacial score (nSPS) is 28.8. The Kier molecular flexibility index (Phi) is 8.55. The second-order valence-corrected chi connectivity index (χ2v) is 9.55. The Morgan fingerprint density at radius 1 is 0.778 bits per heavy atom. The number of hydrogen-bond donors (Lipinski definition) is 0. The minimum atomic E-state index is 0.783. The topological polar surface area (TPSA) is 9.23 Å². The molecule has 27 heavy (non-hydrogen) atoms. The number of hydrogen-bond acceptors (Lipinski definition) is 1. The summed E-state index contributed by atoms with van der Waals surface area (Å²) in [6.07, 6.45) is 18.2. The largest absolute Gasteiger partial charge is 0.494 e. The first-order chi connectivity index (χ1) is 13.2. The van der Waals surface area contributed by atoms with Crippen LogP contribution in [0.3, 0.4) is 0 Å². The average molecular weight is 371 g/mol. The lowest BCUT2D eigenvalue weighted by atomic mass is 9.77. The van der Waals surface area contributed by atoms with Crippen LogP contribution in [0.4, 0.5) is 0 Å². The summed E-state index contributed by atoms with van der Waals surface area (Å²) in [5, 5.41) is 0. The SMILES string of the molecule is CCCCC1CCC(c2ccc(OCCCC3CCC(C)CC3)cc2)CC1. The summed E-state index contributed by atoms with van der Waals surface area (Å²) in [5.74, 6) is 4.76. The maximum absolute atomic E-state index is 6.02. The van der Waals surface area contributed by atoms with Gasteiger partial charge in [-0.2, -0.15) is 0 Å². The summed E-state index contributed by atoms with van der Waals surface area (Å²) in [6.45, 7) is 5.60. The van der Waals surface area contributed by atoms with Crippen LogP contribution in [0.2, 0.25) is 0 Å². The molecule has 1 nitrogen and oxygen atoms in total. The van der Waals surface area contributed by atoms with Crippen LogP contribution >= 0.6 is 0 Å². The second-order valence-electron chi connectivity index (χ2n) is 9.55. The van der Waals surface area contributed by atoms with E-state index < -0.39 is 0 Å². The van der Waals surface area contributed by atoms with Crippen molar-refractivity contribution in [2.75, 3.05) is 6.61 Å². The summed E-state index contributed by atoms with van der Waals surface area (Å²) in [4.78, 5) is 0.